The predicted molar refractivity (Wildman–Crippen MR) is 71.2 cm³/mol. The summed E-state index contributed by atoms with van der Waals surface area (Å²) in [5, 5.41) is 13.2. The van der Waals surface area contributed by atoms with Gasteiger partial charge in [-0.05, 0) is 38.0 Å². The highest BCUT2D eigenvalue weighted by atomic mass is 16.5. The molecule has 0 radical (unpaired) electrons. The lowest BCUT2D eigenvalue weighted by Crippen LogP contribution is -2.49. The van der Waals surface area contributed by atoms with Crippen molar-refractivity contribution in [3.05, 3.63) is 0 Å². The second-order valence-electron chi connectivity index (χ2n) is 5.78. The van der Waals surface area contributed by atoms with Crippen molar-refractivity contribution in [1.82, 2.24) is 5.32 Å². The van der Waals surface area contributed by atoms with E-state index in [1.54, 1.807) is 0 Å². The largest absolute Gasteiger partial charge is 0.394 e. The van der Waals surface area contributed by atoms with Gasteiger partial charge >= 0.3 is 0 Å². The van der Waals surface area contributed by atoms with E-state index in [1.165, 1.54) is 12.8 Å². The van der Waals surface area contributed by atoms with Gasteiger partial charge in [0.2, 0.25) is 0 Å². The Labute approximate surface area is 106 Å². The average Bonchev–Trinajstić information content (AvgIpc) is 3.10. The Morgan fingerprint density at radius 2 is 2.12 bits per heavy atom. The van der Waals surface area contributed by atoms with Crippen LogP contribution in [0.1, 0.15) is 52.9 Å². The number of hydrogen-bond donors (Lipinski definition) is 2. The van der Waals surface area contributed by atoms with Gasteiger partial charge in [0.1, 0.15) is 0 Å². The molecule has 17 heavy (non-hydrogen) atoms. The van der Waals surface area contributed by atoms with E-state index in [4.69, 9.17) is 4.74 Å². The second-order valence-corrected chi connectivity index (χ2v) is 5.78. The lowest BCUT2D eigenvalue weighted by Gasteiger charge is -2.32. The molecule has 0 aromatic rings. The Bertz CT molecular complexity index is 198. The minimum absolute atomic E-state index is 0.0671. The van der Waals surface area contributed by atoms with Crippen LogP contribution in [0.3, 0.4) is 0 Å². The Kier molecular flexibility index (Phi) is 6.45. The molecule has 0 amide bonds. The molecule has 0 bridgehead atoms. The van der Waals surface area contributed by atoms with Gasteiger partial charge in [-0.15, -0.1) is 0 Å². The molecule has 0 heterocycles. The topological polar surface area (TPSA) is 41.5 Å². The van der Waals surface area contributed by atoms with Crippen LogP contribution in [0.4, 0.5) is 0 Å². The van der Waals surface area contributed by atoms with E-state index in [0.29, 0.717) is 12.0 Å². The minimum Gasteiger partial charge on any atom is -0.394 e. The summed E-state index contributed by atoms with van der Waals surface area (Å²) in [6, 6.07) is 0.652. The minimum atomic E-state index is -0.0671. The summed E-state index contributed by atoms with van der Waals surface area (Å²) >= 11 is 0. The molecule has 3 nitrogen and oxygen atoms in total. The first-order chi connectivity index (χ1) is 8.12. The third kappa shape index (κ3) is 5.84. The van der Waals surface area contributed by atoms with Gasteiger partial charge in [-0.3, -0.25) is 0 Å². The van der Waals surface area contributed by atoms with Crippen molar-refractivity contribution < 1.29 is 9.84 Å². The zero-order valence-corrected chi connectivity index (χ0v) is 11.7. The van der Waals surface area contributed by atoms with Gasteiger partial charge < -0.3 is 15.2 Å². The summed E-state index contributed by atoms with van der Waals surface area (Å²) in [7, 11) is 0. The monoisotopic (exact) mass is 243 g/mol. The van der Waals surface area contributed by atoms with Gasteiger partial charge in [0.25, 0.3) is 0 Å². The molecule has 0 aliphatic heterocycles. The molecule has 1 aliphatic carbocycles. The SMILES string of the molecule is CCC(CO)(CCCOCC(C)C)NC1CC1. The van der Waals surface area contributed by atoms with Crippen molar-refractivity contribution >= 4 is 0 Å². The maximum absolute atomic E-state index is 9.59. The Balaban J connectivity index is 2.18. The number of ether oxygens (including phenoxy) is 1. The first-order valence-electron chi connectivity index (χ1n) is 7.08. The zero-order chi connectivity index (χ0) is 12.7. The van der Waals surface area contributed by atoms with Gasteiger partial charge in [-0.25, -0.2) is 0 Å². The fourth-order valence-corrected chi connectivity index (χ4v) is 2.08. The molecule has 1 rings (SSSR count). The number of hydrogen-bond acceptors (Lipinski definition) is 3. The highest BCUT2D eigenvalue weighted by Crippen LogP contribution is 2.26. The molecule has 2 N–H and O–H groups in total. The highest BCUT2D eigenvalue weighted by molar-refractivity contribution is 4.94. The summed E-state index contributed by atoms with van der Waals surface area (Å²) in [4.78, 5) is 0. The summed E-state index contributed by atoms with van der Waals surface area (Å²) in [6.07, 6.45) is 5.57. The maximum atomic E-state index is 9.59. The van der Waals surface area contributed by atoms with Crippen LogP contribution >= 0.6 is 0 Å². The van der Waals surface area contributed by atoms with Crippen molar-refractivity contribution in [3.63, 3.8) is 0 Å². The summed E-state index contributed by atoms with van der Waals surface area (Å²) in [5.74, 6) is 0.605. The van der Waals surface area contributed by atoms with E-state index in [1.807, 2.05) is 0 Å². The van der Waals surface area contributed by atoms with Crippen LogP contribution in [-0.4, -0.2) is 36.5 Å². The zero-order valence-electron chi connectivity index (χ0n) is 11.7. The van der Waals surface area contributed by atoms with Crippen LogP contribution < -0.4 is 5.32 Å². The first-order valence-corrected chi connectivity index (χ1v) is 7.08. The van der Waals surface area contributed by atoms with E-state index in [0.717, 1.165) is 32.5 Å². The number of rotatable bonds is 10. The van der Waals surface area contributed by atoms with Gasteiger partial charge in [-0.1, -0.05) is 20.8 Å². The van der Waals surface area contributed by atoms with E-state index in [-0.39, 0.29) is 12.1 Å². The maximum Gasteiger partial charge on any atom is 0.0613 e. The molecule has 0 aromatic heterocycles. The van der Waals surface area contributed by atoms with E-state index in [9.17, 15) is 5.11 Å². The fourth-order valence-electron chi connectivity index (χ4n) is 2.08. The molecular weight excluding hydrogens is 214 g/mol. The quantitative estimate of drug-likeness (QED) is 0.579. The summed E-state index contributed by atoms with van der Waals surface area (Å²) in [6.45, 7) is 8.38. The molecule has 0 aromatic carbocycles. The molecule has 1 unspecified atom stereocenters. The molecule has 1 aliphatic rings. The van der Waals surface area contributed by atoms with Crippen molar-refractivity contribution in [1.29, 1.82) is 0 Å². The molecule has 1 fully saturated rings. The Hall–Kier alpha value is -0.120. The first kappa shape index (κ1) is 14.9. The smallest absolute Gasteiger partial charge is 0.0613 e. The summed E-state index contributed by atoms with van der Waals surface area (Å²) in [5.41, 5.74) is -0.0671. The van der Waals surface area contributed by atoms with Crippen LogP contribution in [0.5, 0.6) is 0 Å². The normalized spacial score (nSPS) is 19.6. The number of aliphatic hydroxyl groups excluding tert-OH is 1. The lowest BCUT2D eigenvalue weighted by atomic mass is 9.91. The van der Waals surface area contributed by atoms with Gasteiger partial charge in [0.05, 0.1) is 6.61 Å². The van der Waals surface area contributed by atoms with E-state index >= 15 is 0 Å². The van der Waals surface area contributed by atoms with Crippen LogP contribution in [0.15, 0.2) is 0 Å². The van der Waals surface area contributed by atoms with Crippen LogP contribution in [-0.2, 0) is 4.74 Å². The molecule has 3 heteroatoms. The van der Waals surface area contributed by atoms with Crippen molar-refractivity contribution in [2.24, 2.45) is 5.92 Å². The van der Waals surface area contributed by atoms with E-state index in [2.05, 4.69) is 26.1 Å². The fraction of sp³-hybridized carbons (Fsp3) is 1.00. The Morgan fingerprint density at radius 1 is 1.41 bits per heavy atom. The lowest BCUT2D eigenvalue weighted by molar-refractivity contribution is 0.0877. The van der Waals surface area contributed by atoms with E-state index < -0.39 is 0 Å². The summed E-state index contributed by atoms with van der Waals surface area (Å²) < 4.78 is 5.59. The van der Waals surface area contributed by atoms with Crippen molar-refractivity contribution in [2.75, 3.05) is 19.8 Å². The second kappa shape index (κ2) is 7.34. The predicted octanol–water partition coefficient (Wildman–Crippen LogP) is 2.33. The third-order valence-electron chi connectivity index (χ3n) is 3.46. The molecule has 102 valence electrons. The van der Waals surface area contributed by atoms with Gasteiger partial charge in [0, 0.05) is 24.8 Å². The molecule has 0 saturated heterocycles. The molecule has 1 saturated carbocycles. The standard InChI is InChI=1S/C14H29NO2/c1-4-14(11-16,15-13-6-7-13)8-5-9-17-10-12(2)3/h12-13,15-16H,4-11H2,1-3H3. The van der Waals surface area contributed by atoms with Gasteiger partial charge in [0.15, 0.2) is 0 Å². The number of nitrogens with one attached hydrogen (secondary N) is 1. The third-order valence-corrected chi connectivity index (χ3v) is 3.46. The molecular formula is C14H29NO2. The van der Waals surface area contributed by atoms with Crippen molar-refractivity contribution in [3.8, 4) is 0 Å². The van der Waals surface area contributed by atoms with Crippen molar-refractivity contribution in [2.45, 2.75) is 64.5 Å². The van der Waals surface area contributed by atoms with Crippen LogP contribution in [0.25, 0.3) is 0 Å². The molecule has 0 spiro atoms. The highest BCUT2D eigenvalue weighted by Gasteiger charge is 2.33. The Morgan fingerprint density at radius 3 is 2.59 bits per heavy atom. The molecule has 1 atom stereocenters. The average molecular weight is 243 g/mol. The van der Waals surface area contributed by atoms with Crippen LogP contribution in [0.2, 0.25) is 0 Å². The number of aliphatic hydroxyl groups is 1. The van der Waals surface area contributed by atoms with Gasteiger partial charge in [-0.2, -0.15) is 0 Å². The van der Waals surface area contributed by atoms with Crippen LogP contribution in [0, 0.1) is 5.92 Å².